The van der Waals surface area contributed by atoms with Crippen LogP contribution in [-0.2, 0) is 4.79 Å². The Balaban J connectivity index is 3.39. The van der Waals surface area contributed by atoms with E-state index in [0.717, 1.165) is 38.5 Å². The van der Waals surface area contributed by atoms with E-state index in [0.29, 0.717) is 6.42 Å². The molecule has 0 bridgehead atoms. The van der Waals surface area contributed by atoms with Crippen molar-refractivity contribution >= 4 is 5.97 Å². The zero-order chi connectivity index (χ0) is 17.7. The van der Waals surface area contributed by atoms with Crippen LogP contribution in [-0.4, -0.2) is 11.1 Å². The van der Waals surface area contributed by atoms with E-state index in [1.54, 1.807) is 0 Å². The van der Waals surface area contributed by atoms with Crippen LogP contribution in [0.2, 0.25) is 0 Å². The molecule has 0 aliphatic rings. The molecule has 0 unspecified atom stereocenters. The number of unbranched alkanes of at least 4 members (excludes halogenated alkanes) is 8. The Morgan fingerprint density at radius 3 is 1.88 bits per heavy atom. The highest BCUT2D eigenvalue weighted by Crippen LogP contribution is 2.05. The molecule has 0 aromatic heterocycles. The number of carboxylic acids is 1. The van der Waals surface area contributed by atoms with E-state index in [4.69, 9.17) is 5.11 Å². The first kappa shape index (κ1) is 22.4. The monoisotopic (exact) mass is 332 g/mol. The van der Waals surface area contributed by atoms with E-state index in [-0.39, 0.29) is 0 Å². The van der Waals surface area contributed by atoms with Gasteiger partial charge in [-0.15, -0.1) is 0 Å². The highest BCUT2D eigenvalue weighted by molar-refractivity contribution is 5.66. The van der Waals surface area contributed by atoms with Crippen LogP contribution in [0.4, 0.5) is 0 Å². The van der Waals surface area contributed by atoms with E-state index in [1.807, 2.05) is 0 Å². The van der Waals surface area contributed by atoms with Crippen LogP contribution < -0.4 is 0 Å². The Bertz CT molecular complexity index is 389. The lowest BCUT2D eigenvalue weighted by Crippen LogP contribution is -1.93. The zero-order valence-electron chi connectivity index (χ0n) is 15.5. The summed E-state index contributed by atoms with van der Waals surface area (Å²) < 4.78 is 0. The van der Waals surface area contributed by atoms with Crippen LogP contribution in [0, 0.1) is 0 Å². The van der Waals surface area contributed by atoms with Gasteiger partial charge >= 0.3 is 5.97 Å². The first-order valence-electron chi connectivity index (χ1n) is 9.62. The maximum atomic E-state index is 10.4. The molecule has 1 N–H and O–H groups in total. The second-order valence-corrected chi connectivity index (χ2v) is 6.13. The van der Waals surface area contributed by atoms with Gasteiger partial charge < -0.3 is 5.11 Å². The normalized spacial score (nSPS) is 12.4. The van der Waals surface area contributed by atoms with Gasteiger partial charge in [0.25, 0.3) is 0 Å². The molecule has 0 heterocycles. The summed E-state index contributed by atoms with van der Waals surface area (Å²) in [5.74, 6) is -0.686. The molecule has 0 aliphatic carbocycles. The zero-order valence-corrected chi connectivity index (χ0v) is 15.5. The number of hydrogen-bond acceptors (Lipinski definition) is 1. The number of carbonyl (C=O) groups is 1. The molecule has 0 saturated heterocycles. The van der Waals surface area contributed by atoms with Crippen LogP contribution in [0.3, 0.4) is 0 Å². The van der Waals surface area contributed by atoms with Crippen molar-refractivity contribution in [3.63, 3.8) is 0 Å². The Kier molecular flexibility index (Phi) is 18.2. The average molecular weight is 333 g/mol. The molecule has 0 saturated carbocycles. The maximum Gasteiger partial charge on any atom is 0.303 e. The van der Waals surface area contributed by atoms with Crippen LogP contribution in [0.5, 0.6) is 0 Å². The Hall–Kier alpha value is -1.57. The second kappa shape index (κ2) is 19.5. The summed E-state index contributed by atoms with van der Waals surface area (Å²) in [6.07, 6.45) is 30.2. The number of allylic oxidation sites excluding steroid dienone is 8. The minimum Gasteiger partial charge on any atom is -0.481 e. The van der Waals surface area contributed by atoms with Gasteiger partial charge in [-0.1, -0.05) is 81.2 Å². The third-order valence-electron chi connectivity index (χ3n) is 3.76. The lowest BCUT2D eigenvalue weighted by atomic mass is 10.1. The average Bonchev–Trinajstić information content (AvgIpc) is 2.56. The van der Waals surface area contributed by atoms with Crippen LogP contribution in [0.25, 0.3) is 0 Å². The molecule has 0 aliphatic heterocycles. The maximum absolute atomic E-state index is 10.4. The fourth-order valence-electron chi connectivity index (χ4n) is 2.31. The van der Waals surface area contributed by atoms with Crippen molar-refractivity contribution in [1.29, 1.82) is 0 Å². The molecular formula is C22H36O2. The molecule has 0 fully saturated rings. The molecule has 0 spiro atoms. The summed E-state index contributed by atoms with van der Waals surface area (Å²) in [5.41, 5.74) is 0. The predicted octanol–water partition coefficient (Wildman–Crippen LogP) is 7.00. The van der Waals surface area contributed by atoms with Crippen LogP contribution >= 0.6 is 0 Å². The molecule has 0 radical (unpaired) electrons. The molecule has 2 heteroatoms. The third kappa shape index (κ3) is 20.4. The third-order valence-corrected chi connectivity index (χ3v) is 3.76. The van der Waals surface area contributed by atoms with Gasteiger partial charge in [0.15, 0.2) is 0 Å². The van der Waals surface area contributed by atoms with Crippen molar-refractivity contribution in [2.45, 2.75) is 84.0 Å². The second-order valence-electron chi connectivity index (χ2n) is 6.13. The van der Waals surface area contributed by atoms with Gasteiger partial charge in [-0.3, -0.25) is 4.79 Å². The lowest BCUT2D eigenvalue weighted by Gasteiger charge is -1.95. The van der Waals surface area contributed by atoms with E-state index in [1.165, 1.54) is 32.1 Å². The largest absolute Gasteiger partial charge is 0.481 e. The number of rotatable bonds is 16. The standard InChI is InChI=1S/C22H36O2/c1-2-3-4-5-6-7-8-9-10-11-12-13-14-15-16-17-18-19-20-21-22(23)24/h7-12,15-16H,2-6,13-14,17-21H2,1H3,(H,23,24). The number of aliphatic carboxylic acids is 1. The molecule has 136 valence electrons. The highest BCUT2D eigenvalue weighted by atomic mass is 16.4. The van der Waals surface area contributed by atoms with Crippen molar-refractivity contribution < 1.29 is 9.90 Å². The first-order valence-corrected chi connectivity index (χ1v) is 9.62. The van der Waals surface area contributed by atoms with Crippen molar-refractivity contribution in [2.75, 3.05) is 0 Å². The van der Waals surface area contributed by atoms with Gasteiger partial charge in [0, 0.05) is 6.42 Å². The minimum absolute atomic E-state index is 0.302. The topological polar surface area (TPSA) is 37.3 Å². The number of carboxylic acid groups (broad SMARTS) is 1. The van der Waals surface area contributed by atoms with Crippen LogP contribution in [0.1, 0.15) is 84.0 Å². The fourth-order valence-corrected chi connectivity index (χ4v) is 2.31. The molecule has 24 heavy (non-hydrogen) atoms. The predicted molar refractivity (Wildman–Crippen MR) is 105 cm³/mol. The summed E-state index contributed by atoms with van der Waals surface area (Å²) >= 11 is 0. The van der Waals surface area contributed by atoms with Crippen molar-refractivity contribution in [3.05, 3.63) is 48.6 Å². The first-order chi connectivity index (χ1) is 11.8. The summed E-state index contributed by atoms with van der Waals surface area (Å²) in [5, 5.41) is 8.53. The van der Waals surface area contributed by atoms with E-state index >= 15 is 0 Å². The molecule has 0 atom stereocenters. The van der Waals surface area contributed by atoms with Crippen molar-refractivity contribution in [2.24, 2.45) is 0 Å². The van der Waals surface area contributed by atoms with E-state index < -0.39 is 5.97 Å². The Morgan fingerprint density at radius 2 is 1.21 bits per heavy atom. The molecule has 0 aromatic rings. The minimum atomic E-state index is -0.686. The molecule has 0 aromatic carbocycles. The smallest absolute Gasteiger partial charge is 0.303 e. The molecular weight excluding hydrogens is 296 g/mol. The van der Waals surface area contributed by atoms with Crippen LogP contribution in [0.15, 0.2) is 48.6 Å². The van der Waals surface area contributed by atoms with E-state index in [9.17, 15) is 4.79 Å². The number of hydrogen-bond donors (Lipinski definition) is 1. The lowest BCUT2D eigenvalue weighted by molar-refractivity contribution is -0.137. The SMILES string of the molecule is CCCCCCC=CC=CC=CCCC=CCCCCCC(=O)O. The van der Waals surface area contributed by atoms with Gasteiger partial charge in [0.2, 0.25) is 0 Å². The fraction of sp³-hybridized carbons (Fsp3) is 0.591. The quantitative estimate of drug-likeness (QED) is 0.188. The molecule has 0 amide bonds. The summed E-state index contributed by atoms with van der Waals surface area (Å²) in [4.78, 5) is 10.4. The summed E-state index contributed by atoms with van der Waals surface area (Å²) in [7, 11) is 0. The van der Waals surface area contributed by atoms with Crippen molar-refractivity contribution in [3.8, 4) is 0 Å². The van der Waals surface area contributed by atoms with Gasteiger partial charge in [0.1, 0.15) is 0 Å². The Morgan fingerprint density at radius 1 is 0.667 bits per heavy atom. The highest BCUT2D eigenvalue weighted by Gasteiger charge is 1.94. The van der Waals surface area contributed by atoms with Gasteiger partial charge in [-0.2, -0.15) is 0 Å². The summed E-state index contributed by atoms with van der Waals surface area (Å²) in [6, 6.07) is 0. The van der Waals surface area contributed by atoms with Gasteiger partial charge in [-0.25, -0.2) is 0 Å². The van der Waals surface area contributed by atoms with Crippen molar-refractivity contribution in [1.82, 2.24) is 0 Å². The molecule has 0 rings (SSSR count). The van der Waals surface area contributed by atoms with Gasteiger partial charge in [0.05, 0.1) is 0 Å². The van der Waals surface area contributed by atoms with Gasteiger partial charge in [-0.05, 0) is 44.9 Å². The Labute approximate surface area is 149 Å². The van der Waals surface area contributed by atoms with E-state index in [2.05, 4.69) is 55.5 Å². The molecule has 2 nitrogen and oxygen atoms in total. The summed E-state index contributed by atoms with van der Waals surface area (Å²) in [6.45, 7) is 2.24.